The SMILES string of the molecule is CNC(=O)c1ccc(CNC(=O)OCCO)cc1. The third kappa shape index (κ3) is 4.42. The van der Waals surface area contributed by atoms with E-state index in [0.717, 1.165) is 5.56 Å². The normalized spacial score (nSPS) is 9.67. The Bertz CT molecular complexity index is 403. The minimum absolute atomic E-state index is 0.0263. The van der Waals surface area contributed by atoms with Crippen LogP contribution in [0.3, 0.4) is 0 Å². The molecule has 0 spiro atoms. The Balaban J connectivity index is 2.44. The first-order valence-corrected chi connectivity index (χ1v) is 5.50. The van der Waals surface area contributed by atoms with E-state index < -0.39 is 6.09 Å². The van der Waals surface area contributed by atoms with Crippen molar-refractivity contribution in [2.45, 2.75) is 6.54 Å². The van der Waals surface area contributed by atoms with Crippen molar-refractivity contribution in [1.82, 2.24) is 10.6 Å². The molecule has 0 heterocycles. The zero-order valence-electron chi connectivity index (χ0n) is 10.1. The largest absolute Gasteiger partial charge is 0.447 e. The number of carbonyl (C=O) groups excluding carboxylic acids is 2. The van der Waals surface area contributed by atoms with Gasteiger partial charge >= 0.3 is 6.09 Å². The van der Waals surface area contributed by atoms with Crippen LogP contribution < -0.4 is 10.6 Å². The van der Waals surface area contributed by atoms with E-state index in [1.165, 1.54) is 0 Å². The fraction of sp³-hybridized carbons (Fsp3) is 0.333. The highest BCUT2D eigenvalue weighted by Gasteiger charge is 2.04. The third-order valence-corrected chi connectivity index (χ3v) is 2.20. The van der Waals surface area contributed by atoms with Gasteiger partial charge in [0.15, 0.2) is 0 Å². The molecule has 0 radical (unpaired) electrons. The van der Waals surface area contributed by atoms with Crippen molar-refractivity contribution in [3.05, 3.63) is 35.4 Å². The van der Waals surface area contributed by atoms with Crippen LogP contribution in [0.15, 0.2) is 24.3 Å². The quantitative estimate of drug-likeness (QED) is 0.701. The molecule has 2 amide bonds. The number of hydrogen-bond donors (Lipinski definition) is 3. The molecule has 0 aliphatic carbocycles. The zero-order chi connectivity index (χ0) is 13.4. The minimum Gasteiger partial charge on any atom is -0.447 e. The molecule has 0 atom stereocenters. The highest BCUT2D eigenvalue weighted by atomic mass is 16.6. The summed E-state index contributed by atoms with van der Waals surface area (Å²) >= 11 is 0. The monoisotopic (exact) mass is 252 g/mol. The number of aliphatic hydroxyl groups is 1. The summed E-state index contributed by atoms with van der Waals surface area (Å²) in [5, 5.41) is 13.5. The molecule has 1 rings (SSSR count). The summed E-state index contributed by atoms with van der Waals surface area (Å²) in [6.07, 6.45) is -0.584. The second-order valence-corrected chi connectivity index (χ2v) is 3.49. The zero-order valence-corrected chi connectivity index (χ0v) is 10.1. The fourth-order valence-electron chi connectivity index (χ4n) is 1.28. The predicted molar refractivity (Wildman–Crippen MR) is 65.1 cm³/mol. The van der Waals surface area contributed by atoms with E-state index in [1.807, 2.05) is 0 Å². The maximum Gasteiger partial charge on any atom is 0.407 e. The van der Waals surface area contributed by atoms with E-state index in [-0.39, 0.29) is 19.1 Å². The fourth-order valence-corrected chi connectivity index (χ4v) is 1.28. The molecule has 0 aromatic heterocycles. The molecule has 0 saturated carbocycles. The minimum atomic E-state index is -0.584. The van der Waals surface area contributed by atoms with Gasteiger partial charge in [0.05, 0.1) is 6.61 Å². The van der Waals surface area contributed by atoms with Gasteiger partial charge in [0, 0.05) is 19.2 Å². The van der Waals surface area contributed by atoms with Crippen LogP contribution in [-0.2, 0) is 11.3 Å². The summed E-state index contributed by atoms with van der Waals surface area (Å²) in [5.41, 5.74) is 1.41. The van der Waals surface area contributed by atoms with E-state index in [1.54, 1.807) is 31.3 Å². The van der Waals surface area contributed by atoms with Gasteiger partial charge in [0.25, 0.3) is 5.91 Å². The van der Waals surface area contributed by atoms with E-state index >= 15 is 0 Å². The Morgan fingerprint density at radius 3 is 2.50 bits per heavy atom. The molecule has 1 aromatic rings. The highest BCUT2D eigenvalue weighted by molar-refractivity contribution is 5.93. The van der Waals surface area contributed by atoms with Gasteiger partial charge in [-0.05, 0) is 17.7 Å². The summed E-state index contributed by atoms with van der Waals surface area (Å²) in [6, 6.07) is 6.84. The van der Waals surface area contributed by atoms with Crippen molar-refractivity contribution < 1.29 is 19.4 Å². The Kier molecular flexibility index (Phi) is 5.66. The van der Waals surface area contributed by atoms with Crippen LogP contribution in [0.4, 0.5) is 4.79 Å². The van der Waals surface area contributed by atoms with Crippen LogP contribution in [0.2, 0.25) is 0 Å². The molecule has 0 aliphatic rings. The number of benzene rings is 1. The summed E-state index contributed by atoms with van der Waals surface area (Å²) < 4.78 is 4.63. The maximum absolute atomic E-state index is 11.3. The predicted octanol–water partition coefficient (Wildman–Crippen LogP) is 0.265. The number of ether oxygens (including phenoxy) is 1. The number of rotatable bonds is 5. The van der Waals surface area contributed by atoms with E-state index in [9.17, 15) is 9.59 Å². The van der Waals surface area contributed by atoms with Gasteiger partial charge in [-0.25, -0.2) is 4.79 Å². The summed E-state index contributed by atoms with van der Waals surface area (Å²) in [5.74, 6) is -0.156. The first-order valence-electron chi connectivity index (χ1n) is 5.50. The van der Waals surface area contributed by atoms with Gasteiger partial charge in [0.2, 0.25) is 0 Å². The van der Waals surface area contributed by atoms with Crippen LogP contribution in [0.5, 0.6) is 0 Å². The van der Waals surface area contributed by atoms with Gasteiger partial charge in [-0.1, -0.05) is 12.1 Å². The first-order chi connectivity index (χ1) is 8.67. The first kappa shape index (κ1) is 14.0. The molecule has 0 aliphatic heterocycles. The lowest BCUT2D eigenvalue weighted by molar-refractivity contribution is 0.0963. The highest BCUT2D eigenvalue weighted by Crippen LogP contribution is 2.04. The number of alkyl carbamates (subject to hydrolysis) is 1. The standard InChI is InChI=1S/C12H16N2O4/c1-13-11(16)10-4-2-9(3-5-10)8-14-12(17)18-7-6-15/h2-5,15H,6-8H2,1H3,(H,13,16)(H,14,17). The molecule has 98 valence electrons. The second-order valence-electron chi connectivity index (χ2n) is 3.49. The molecule has 18 heavy (non-hydrogen) atoms. The Labute approximate surface area is 105 Å². The van der Waals surface area contributed by atoms with Crippen LogP contribution in [0.1, 0.15) is 15.9 Å². The van der Waals surface area contributed by atoms with Gasteiger partial charge in [-0.3, -0.25) is 4.79 Å². The van der Waals surface area contributed by atoms with Crippen molar-refractivity contribution in [2.75, 3.05) is 20.3 Å². The average Bonchev–Trinajstić information content (AvgIpc) is 2.42. The van der Waals surface area contributed by atoms with Gasteiger partial charge < -0.3 is 20.5 Å². The molecule has 6 heteroatoms. The van der Waals surface area contributed by atoms with E-state index in [4.69, 9.17) is 5.11 Å². The number of hydrogen-bond acceptors (Lipinski definition) is 4. The summed E-state index contributed by atoms with van der Waals surface area (Å²) in [6.45, 7) is 0.0774. The lowest BCUT2D eigenvalue weighted by Gasteiger charge is -2.06. The van der Waals surface area contributed by atoms with Crippen LogP contribution in [0.25, 0.3) is 0 Å². The molecule has 3 N–H and O–H groups in total. The van der Waals surface area contributed by atoms with Gasteiger partial charge in [-0.15, -0.1) is 0 Å². The Morgan fingerprint density at radius 2 is 1.94 bits per heavy atom. The van der Waals surface area contributed by atoms with Crippen molar-refractivity contribution in [2.24, 2.45) is 0 Å². The summed E-state index contributed by atoms with van der Waals surface area (Å²) in [4.78, 5) is 22.4. The molecule has 1 aromatic carbocycles. The molecular formula is C12H16N2O4. The van der Waals surface area contributed by atoms with Crippen molar-refractivity contribution >= 4 is 12.0 Å². The van der Waals surface area contributed by atoms with E-state index in [0.29, 0.717) is 12.1 Å². The number of nitrogens with one attached hydrogen (secondary N) is 2. The average molecular weight is 252 g/mol. The Hall–Kier alpha value is -2.08. The molecule has 0 fully saturated rings. The van der Waals surface area contributed by atoms with Crippen LogP contribution in [-0.4, -0.2) is 37.4 Å². The topological polar surface area (TPSA) is 87.7 Å². The molecular weight excluding hydrogens is 236 g/mol. The molecule has 6 nitrogen and oxygen atoms in total. The molecule has 0 bridgehead atoms. The molecule has 0 unspecified atom stereocenters. The van der Waals surface area contributed by atoms with Crippen LogP contribution in [0, 0.1) is 0 Å². The Morgan fingerprint density at radius 1 is 1.28 bits per heavy atom. The lowest BCUT2D eigenvalue weighted by atomic mass is 10.1. The number of amides is 2. The van der Waals surface area contributed by atoms with Crippen LogP contribution >= 0.6 is 0 Å². The maximum atomic E-state index is 11.3. The smallest absolute Gasteiger partial charge is 0.407 e. The third-order valence-electron chi connectivity index (χ3n) is 2.20. The van der Waals surface area contributed by atoms with Crippen molar-refractivity contribution in [3.8, 4) is 0 Å². The second kappa shape index (κ2) is 7.29. The van der Waals surface area contributed by atoms with Gasteiger partial charge in [-0.2, -0.15) is 0 Å². The van der Waals surface area contributed by atoms with E-state index in [2.05, 4.69) is 15.4 Å². The summed E-state index contributed by atoms with van der Waals surface area (Å²) in [7, 11) is 1.56. The number of carbonyl (C=O) groups is 2. The van der Waals surface area contributed by atoms with Gasteiger partial charge in [0.1, 0.15) is 6.61 Å². The van der Waals surface area contributed by atoms with Crippen molar-refractivity contribution in [1.29, 1.82) is 0 Å². The van der Waals surface area contributed by atoms with Crippen molar-refractivity contribution in [3.63, 3.8) is 0 Å². The molecule has 0 saturated heterocycles. The number of aliphatic hydroxyl groups excluding tert-OH is 1. The lowest BCUT2D eigenvalue weighted by Crippen LogP contribution is -2.25.